The Labute approximate surface area is 260 Å². The van der Waals surface area contributed by atoms with Gasteiger partial charge in [0.15, 0.2) is 0 Å². The smallest absolute Gasteiger partial charge is 0.124 e. The molecule has 0 amide bonds. The van der Waals surface area contributed by atoms with Crippen molar-refractivity contribution in [3.8, 4) is 43.4 Å². The second-order valence-corrected chi connectivity index (χ2v) is 13.8. The predicted molar refractivity (Wildman–Crippen MR) is 187 cm³/mol. The number of fused-ring (bicyclic) bond motifs is 5. The summed E-state index contributed by atoms with van der Waals surface area (Å²) in [5, 5.41) is 4.74. The maximum absolute atomic E-state index is 4.83. The summed E-state index contributed by atoms with van der Waals surface area (Å²) in [4.78, 5) is 9.67. The molecule has 0 fully saturated rings. The Hall–Kier alpha value is -4.68. The molecule has 0 aliphatic heterocycles. The monoisotopic (exact) mass is 602 g/mol. The summed E-state index contributed by atoms with van der Waals surface area (Å²) in [6.07, 6.45) is 0. The van der Waals surface area contributed by atoms with Crippen LogP contribution in [0.5, 0.6) is 0 Å². The highest BCUT2D eigenvalue weighted by Crippen LogP contribution is 2.39. The zero-order chi connectivity index (χ0) is 28.3. The van der Waals surface area contributed by atoms with E-state index >= 15 is 0 Å². The fourth-order valence-electron chi connectivity index (χ4n) is 5.74. The van der Waals surface area contributed by atoms with Crippen molar-refractivity contribution in [1.29, 1.82) is 0 Å². The van der Waals surface area contributed by atoms with E-state index in [-0.39, 0.29) is 0 Å². The average molecular weight is 603 g/mol. The normalized spacial score (nSPS) is 11.7. The minimum absolute atomic E-state index is 1.06. The first-order valence-electron chi connectivity index (χ1n) is 14.1. The van der Waals surface area contributed by atoms with Gasteiger partial charge in [0.1, 0.15) is 10.0 Å². The van der Waals surface area contributed by atoms with Crippen LogP contribution < -0.4 is 0 Å². The molecule has 6 aromatic carbocycles. The molecular weight excluding hydrogens is 581 g/mol. The highest BCUT2D eigenvalue weighted by molar-refractivity contribution is 7.25. The Balaban J connectivity index is 1.04. The summed E-state index contributed by atoms with van der Waals surface area (Å²) >= 11 is 5.35. The second kappa shape index (κ2) is 9.96. The number of para-hydroxylation sites is 2. The molecule has 0 saturated heterocycles. The Morgan fingerprint density at radius 2 is 0.721 bits per heavy atom. The molecule has 0 spiro atoms. The van der Waals surface area contributed by atoms with Crippen LogP contribution in [-0.4, -0.2) is 9.97 Å². The third-order valence-electron chi connectivity index (χ3n) is 7.99. The Morgan fingerprint density at radius 1 is 0.326 bits per heavy atom. The minimum atomic E-state index is 1.06. The molecule has 0 aliphatic carbocycles. The Kier molecular flexibility index (Phi) is 5.76. The van der Waals surface area contributed by atoms with E-state index in [9.17, 15) is 0 Å². The summed E-state index contributed by atoms with van der Waals surface area (Å²) in [6.45, 7) is 0. The minimum Gasteiger partial charge on any atom is -0.236 e. The van der Waals surface area contributed by atoms with Crippen molar-refractivity contribution in [3.63, 3.8) is 0 Å². The predicted octanol–water partition coefficient (Wildman–Crippen LogP) is 11.9. The molecule has 0 atom stereocenters. The standard InChI is InChI=1S/C38H22N2S3/c1-3-7-35-31(5-1)39-37(42-35)25-13-9-23(10-14-25)27-17-19-33-29(21-27)30-22-28(18-20-34(30)41-33)24-11-15-26(16-12-24)38-40-32-6-2-4-8-36(32)43-38/h1-22H. The van der Waals surface area contributed by atoms with E-state index < -0.39 is 0 Å². The van der Waals surface area contributed by atoms with E-state index in [1.54, 1.807) is 22.7 Å². The first-order valence-corrected chi connectivity index (χ1v) is 16.6. The van der Waals surface area contributed by atoms with Gasteiger partial charge in [-0.25, -0.2) is 9.97 Å². The Bertz CT molecular complexity index is 2210. The van der Waals surface area contributed by atoms with Crippen LogP contribution in [0.2, 0.25) is 0 Å². The van der Waals surface area contributed by atoms with Crippen molar-refractivity contribution < 1.29 is 0 Å². The van der Waals surface area contributed by atoms with Crippen molar-refractivity contribution in [2.75, 3.05) is 0 Å². The number of thiophene rings is 1. The van der Waals surface area contributed by atoms with Gasteiger partial charge in [-0.1, -0.05) is 84.9 Å². The van der Waals surface area contributed by atoms with Crippen LogP contribution in [0, 0.1) is 0 Å². The molecule has 0 aliphatic rings. The zero-order valence-electron chi connectivity index (χ0n) is 22.8. The lowest BCUT2D eigenvalue weighted by Crippen LogP contribution is -1.81. The highest BCUT2D eigenvalue weighted by Gasteiger charge is 2.11. The van der Waals surface area contributed by atoms with E-state index in [0.29, 0.717) is 0 Å². The van der Waals surface area contributed by atoms with Gasteiger partial charge < -0.3 is 0 Å². The molecule has 0 radical (unpaired) electrons. The van der Waals surface area contributed by atoms with Gasteiger partial charge in [-0.15, -0.1) is 34.0 Å². The SMILES string of the molecule is c1ccc2sc(-c3ccc(-c4ccc5sc6ccc(-c7ccc(-c8nc9ccccc9s8)cc7)cc6c5c4)cc3)nc2c1. The van der Waals surface area contributed by atoms with Crippen molar-refractivity contribution >= 4 is 74.6 Å². The molecule has 3 heterocycles. The van der Waals surface area contributed by atoms with Crippen LogP contribution in [-0.2, 0) is 0 Å². The maximum atomic E-state index is 4.83. The molecule has 0 unspecified atom stereocenters. The fourth-order valence-corrected chi connectivity index (χ4v) is 8.75. The Morgan fingerprint density at radius 3 is 1.16 bits per heavy atom. The number of thiazole rings is 2. The van der Waals surface area contributed by atoms with Crippen molar-refractivity contribution in [3.05, 3.63) is 133 Å². The lowest BCUT2D eigenvalue weighted by molar-refractivity contribution is 1.48. The number of hydrogen-bond acceptors (Lipinski definition) is 5. The molecule has 3 aromatic heterocycles. The molecule has 9 rings (SSSR count). The molecule has 202 valence electrons. The van der Waals surface area contributed by atoms with Crippen molar-refractivity contribution in [2.24, 2.45) is 0 Å². The summed E-state index contributed by atoms with van der Waals surface area (Å²) in [5.74, 6) is 0. The van der Waals surface area contributed by atoms with E-state index in [4.69, 9.17) is 9.97 Å². The highest BCUT2D eigenvalue weighted by atomic mass is 32.1. The molecule has 43 heavy (non-hydrogen) atoms. The number of aromatic nitrogens is 2. The van der Waals surface area contributed by atoms with E-state index in [0.717, 1.165) is 32.2 Å². The van der Waals surface area contributed by atoms with Crippen molar-refractivity contribution in [2.45, 2.75) is 0 Å². The number of benzene rings is 6. The van der Waals surface area contributed by atoms with Crippen LogP contribution in [0.3, 0.4) is 0 Å². The van der Waals surface area contributed by atoms with Crippen LogP contribution in [0.25, 0.3) is 84.0 Å². The number of hydrogen-bond donors (Lipinski definition) is 0. The lowest BCUT2D eigenvalue weighted by Gasteiger charge is -2.05. The summed E-state index contributed by atoms with van der Waals surface area (Å²) < 4.78 is 5.07. The van der Waals surface area contributed by atoms with Crippen LogP contribution in [0.1, 0.15) is 0 Å². The maximum Gasteiger partial charge on any atom is 0.124 e. The van der Waals surface area contributed by atoms with Gasteiger partial charge in [0.2, 0.25) is 0 Å². The zero-order valence-corrected chi connectivity index (χ0v) is 25.3. The third kappa shape index (κ3) is 4.36. The van der Waals surface area contributed by atoms with Gasteiger partial charge in [-0.3, -0.25) is 0 Å². The molecule has 9 aromatic rings. The average Bonchev–Trinajstić information content (AvgIpc) is 3.79. The molecule has 2 nitrogen and oxygen atoms in total. The number of nitrogens with zero attached hydrogens (tertiary/aromatic N) is 2. The quantitative estimate of drug-likeness (QED) is 0.200. The molecule has 0 saturated carbocycles. The third-order valence-corrected chi connectivity index (χ3v) is 11.3. The van der Waals surface area contributed by atoms with E-state index in [2.05, 4.69) is 121 Å². The van der Waals surface area contributed by atoms with Crippen LogP contribution in [0.4, 0.5) is 0 Å². The summed E-state index contributed by atoms with van der Waals surface area (Å²) in [6, 6.07) is 48.0. The van der Waals surface area contributed by atoms with Crippen LogP contribution in [0.15, 0.2) is 133 Å². The molecule has 0 N–H and O–H groups in total. The first kappa shape index (κ1) is 24.9. The fraction of sp³-hybridized carbons (Fsp3) is 0. The van der Waals surface area contributed by atoms with E-state index in [1.165, 1.54) is 51.8 Å². The molecular formula is C38H22N2S3. The molecule has 0 bridgehead atoms. The van der Waals surface area contributed by atoms with Crippen LogP contribution >= 0.6 is 34.0 Å². The van der Waals surface area contributed by atoms with Gasteiger partial charge in [0, 0.05) is 31.3 Å². The lowest BCUT2D eigenvalue weighted by atomic mass is 9.99. The van der Waals surface area contributed by atoms with Crippen molar-refractivity contribution in [1.82, 2.24) is 9.97 Å². The largest absolute Gasteiger partial charge is 0.236 e. The second-order valence-electron chi connectivity index (χ2n) is 10.7. The molecule has 5 heteroatoms. The summed E-state index contributed by atoms with van der Waals surface area (Å²) in [7, 11) is 0. The van der Waals surface area contributed by atoms with E-state index in [1.807, 2.05) is 23.5 Å². The number of rotatable bonds is 4. The van der Waals surface area contributed by atoms with Gasteiger partial charge >= 0.3 is 0 Å². The van der Waals surface area contributed by atoms with Gasteiger partial charge in [0.25, 0.3) is 0 Å². The summed E-state index contributed by atoms with van der Waals surface area (Å²) in [5.41, 5.74) is 9.33. The van der Waals surface area contributed by atoms with Gasteiger partial charge in [-0.05, 0) is 70.8 Å². The first-order chi connectivity index (χ1) is 21.2. The van der Waals surface area contributed by atoms with Gasteiger partial charge in [0.05, 0.1) is 20.4 Å². The topological polar surface area (TPSA) is 25.8 Å². The van der Waals surface area contributed by atoms with Gasteiger partial charge in [-0.2, -0.15) is 0 Å².